The zero-order valence-corrected chi connectivity index (χ0v) is 13.1. The van der Waals surface area contributed by atoms with Crippen molar-refractivity contribution in [2.75, 3.05) is 23.3 Å². The number of pyridine rings is 1. The van der Waals surface area contributed by atoms with Gasteiger partial charge in [0.15, 0.2) is 0 Å². The molecule has 3 rings (SSSR count). The Labute approximate surface area is 131 Å². The molecule has 2 aromatic rings. The fourth-order valence-electron chi connectivity index (χ4n) is 2.79. The molecule has 0 aliphatic carbocycles. The normalized spacial score (nSPS) is 15.4. The van der Waals surface area contributed by atoms with Crippen LogP contribution in [0.25, 0.3) is 0 Å². The van der Waals surface area contributed by atoms with Crippen LogP contribution in [-0.2, 0) is 6.54 Å². The van der Waals surface area contributed by atoms with Gasteiger partial charge in [0.1, 0.15) is 17.5 Å². The van der Waals surface area contributed by atoms with E-state index in [1.165, 1.54) is 25.7 Å². The van der Waals surface area contributed by atoms with Gasteiger partial charge >= 0.3 is 0 Å². The molecule has 0 spiro atoms. The summed E-state index contributed by atoms with van der Waals surface area (Å²) in [4.78, 5) is 15.8. The van der Waals surface area contributed by atoms with Crippen molar-refractivity contribution in [1.29, 1.82) is 0 Å². The number of anilines is 2. The summed E-state index contributed by atoms with van der Waals surface area (Å²) >= 11 is 0. The largest absolute Gasteiger partial charge is 0.364 e. The first-order valence-electron chi connectivity index (χ1n) is 8.06. The summed E-state index contributed by atoms with van der Waals surface area (Å²) in [5.74, 6) is 2.72. The average Bonchev–Trinajstić information content (AvgIpc) is 2.83. The van der Waals surface area contributed by atoms with Gasteiger partial charge in [0, 0.05) is 25.4 Å². The Morgan fingerprint density at radius 3 is 2.64 bits per heavy atom. The van der Waals surface area contributed by atoms with Crippen molar-refractivity contribution in [3.63, 3.8) is 0 Å². The molecule has 5 nitrogen and oxygen atoms in total. The Bertz CT molecular complexity index is 591. The molecular formula is C17H23N5. The molecule has 0 aromatic carbocycles. The van der Waals surface area contributed by atoms with E-state index in [0.717, 1.165) is 36.2 Å². The minimum absolute atomic E-state index is 0.677. The smallest absolute Gasteiger partial charge is 0.134 e. The molecule has 2 aromatic heterocycles. The predicted molar refractivity (Wildman–Crippen MR) is 89.0 cm³/mol. The minimum Gasteiger partial charge on any atom is -0.364 e. The lowest BCUT2D eigenvalue weighted by Gasteiger charge is -2.22. The number of rotatable bonds is 4. The standard InChI is InChI=1S/C17H23N5/c1-14-20-16(19-13-15-8-4-5-9-18-15)12-17(21-14)22-10-6-2-3-7-11-22/h4-5,8-9,12H,2-3,6-7,10-11,13H2,1H3,(H,19,20,21). The Morgan fingerprint density at radius 2 is 1.91 bits per heavy atom. The van der Waals surface area contributed by atoms with Gasteiger partial charge in [-0.2, -0.15) is 0 Å². The van der Waals surface area contributed by atoms with E-state index in [1.807, 2.05) is 31.3 Å². The molecule has 0 amide bonds. The van der Waals surface area contributed by atoms with Crippen LogP contribution in [0.1, 0.15) is 37.2 Å². The van der Waals surface area contributed by atoms with Gasteiger partial charge < -0.3 is 10.2 Å². The second-order valence-electron chi connectivity index (χ2n) is 5.73. The first-order valence-corrected chi connectivity index (χ1v) is 8.06. The van der Waals surface area contributed by atoms with Gasteiger partial charge in [-0.3, -0.25) is 4.98 Å². The summed E-state index contributed by atoms with van der Waals surface area (Å²) in [6, 6.07) is 7.99. The summed E-state index contributed by atoms with van der Waals surface area (Å²) in [5, 5.41) is 3.36. The molecule has 0 radical (unpaired) electrons. The Hall–Kier alpha value is -2.17. The van der Waals surface area contributed by atoms with Crippen LogP contribution >= 0.6 is 0 Å². The fraction of sp³-hybridized carbons (Fsp3) is 0.471. The van der Waals surface area contributed by atoms with Gasteiger partial charge in [-0.05, 0) is 31.9 Å². The van der Waals surface area contributed by atoms with Crippen LogP contribution in [0.5, 0.6) is 0 Å². The fourth-order valence-corrected chi connectivity index (χ4v) is 2.79. The first-order chi connectivity index (χ1) is 10.8. The molecular weight excluding hydrogens is 274 g/mol. The van der Waals surface area contributed by atoms with Crippen LogP contribution in [-0.4, -0.2) is 28.0 Å². The molecule has 1 aliphatic rings. The third-order valence-electron chi connectivity index (χ3n) is 3.93. The van der Waals surface area contributed by atoms with Gasteiger partial charge in [0.25, 0.3) is 0 Å². The maximum Gasteiger partial charge on any atom is 0.134 e. The number of aromatic nitrogens is 3. The third-order valence-corrected chi connectivity index (χ3v) is 3.93. The first kappa shape index (κ1) is 14.8. The SMILES string of the molecule is Cc1nc(NCc2ccccn2)cc(N2CCCCCC2)n1. The Morgan fingerprint density at radius 1 is 1.09 bits per heavy atom. The summed E-state index contributed by atoms with van der Waals surface area (Å²) in [7, 11) is 0. The third kappa shape index (κ3) is 3.93. The highest BCUT2D eigenvalue weighted by atomic mass is 15.2. The van der Waals surface area contributed by atoms with Crippen molar-refractivity contribution in [3.05, 3.63) is 42.0 Å². The van der Waals surface area contributed by atoms with Crippen LogP contribution in [0.2, 0.25) is 0 Å². The zero-order chi connectivity index (χ0) is 15.2. The molecule has 3 heterocycles. The van der Waals surface area contributed by atoms with Crippen molar-refractivity contribution >= 4 is 11.6 Å². The van der Waals surface area contributed by atoms with Crippen molar-refractivity contribution in [2.45, 2.75) is 39.2 Å². The van der Waals surface area contributed by atoms with Crippen molar-refractivity contribution in [3.8, 4) is 0 Å². The number of nitrogens with zero attached hydrogens (tertiary/aromatic N) is 4. The molecule has 0 unspecified atom stereocenters. The molecule has 116 valence electrons. The lowest BCUT2D eigenvalue weighted by Crippen LogP contribution is -2.25. The molecule has 1 saturated heterocycles. The number of nitrogens with one attached hydrogen (secondary N) is 1. The van der Waals surface area contributed by atoms with Crippen LogP contribution in [0.3, 0.4) is 0 Å². The number of hydrogen-bond acceptors (Lipinski definition) is 5. The van der Waals surface area contributed by atoms with E-state index in [-0.39, 0.29) is 0 Å². The number of hydrogen-bond donors (Lipinski definition) is 1. The monoisotopic (exact) mass is 297 g/mol. The Balaban J connectivity index is 1.71. The molecule has 1 N–H and O–H groups in total. The lowest BCUT2D eigenvalue weighted by atomic mass is 10.2. The van der Waals surface area contributed by atoms with Gasteiger partial charge in [-0.15, -0.1) is 0 Å². The van der Waals surface area contributed by atoms with E-state index in [1.54, 1.807) is 0 Å². The van der Waals surface area contributed by atoms with E-state index in [9.17, 15) is 0 Å². The maximum atomic E-state index is 4.61. The average molecular weight is 297 g/mol. The summed E-state index contributed by atoms with van der Waals surface area (Å²) in [6.07, 6.45) is 6.96. The molecule has 1 aliphatic heterocycles. The predicted octanol–water partition coefficient (Wildman–Crippen LogP) is 3.17. The summed E-state index contributed by atoms with van der Waals surface area (Å²) in [5.41, 5.74) is 1.01. The molecule has 0 atom stereocenters. The summed E-state index contributed by atoms with van der Waals surface area (Å²) < 4.78 is 0. The number of aryl methyl sites for hydroxylation is 1. The van der Waals surface area contributed by atoms with Crippen LogP contribution in [0.4, 0.5) is 11.6 Å². The topological polar surface area (TPSA) is 53.9 Å². The van der Waals surface area contributed by atoms with Crippen LogP contribution < -0.4 is 10.2 Å². The second kappa shape index (κ2) is 7.20. The molecule has 5 heteroatoms. The highest BCUT2D eigenvalue weighted by Crippen LogP contribution is 2.20. The van der Waals surface area contributed by atoms with E-state index in [0.29, 0.717) is 6.54 Å². The zero-order valence-electron chi connectivity index (χ0n) is 13.1. The summed E-state index contributed by atoms with van der Waals surface area (Å²) in [6.45, 7) is 4.82. The highest BCUT2D eigenvalue weighted by molar-refractivity contribution is 5.49. The van der Waals surface area contributed by atoms with Gasteiger partial charge in [0.05, 0.1) is 12.2 Å². The molecule has 1 fully saturated rings. The second-order valence-corrected chi connectivity index (χ2v) is 5.73. The van der Waals surface area contributed by atoms with Gasteiger partial charge in [0.2, 0.25) is 0 Å². The van der Waals surface area contributed by atoms with Crippen molar-refractivity contribution in [1.82, 2.24) is 15.0 Å². The highest BCUT2D eigenvalue weighted by Gasteiger charge is 2.12. The maximum absolute atomic E-state index is 4.61. The van der Waals surface area contributed by atoms with Gasteiger partial charge in [-0.25, -0.2) is 9.97 Å². The van der Waals surface area contributed by atoms with Crippen LogP contribution in [0.15, 0.2) is 30.5 Å². The molecule has 0 saturated carbocycles. The van der Waals surface area contributed by atoms with Gasteiger partial charge in [-0.1, -0.05) is 18.9 Å². The van der Waals surface area contributed by atoms with E-state index >= 15 is 0 Å². The van der Waals surface area contributed by atoms with E-state index in [2.05, 4.69) is 31.2 Å². The quantitative estimate of drug-likeness (QED) is 0.939. The lowest BCUT2D eigenvalue weighted by molar-refractivity contribution is 0.726. The molecule has 0 bridgehead atoms. The Kier molecular flexibility index (Phi) is 4.83. The van der Waals surface area contributed by atoms with Crippen molar-refractivity contribution in [2.24, 2.45) is 0 Å². The van der Waals surface area contributed by atoms with E-state index < -0.39 is 0 Å². The van der Waals surface area contributed by atoms with Crippen molar-refractivity contribution < 1.29 is 0 Å². The van der Waals surface area contributed by atoms with Crippen LogP contribution in [0, 0.1) is 6.92 Å². The molecule has 22 heavy (non-hydrogen) atoms. The van der Waals surface area contributed by atoms with E-state index in [4.69, 9.17) is 0 Å². The minimum atomic E-state index is 0.677.